The van der Waals surface area contributed by atoms with E-state index in [1.165, 1.54) is 5.56 Å². The number of carbonyl (C=O) groups is 1. The Balaban J connectivity index is 2.31. The summed E-state index contributed by atoms with van der Waals surface area (Å²) in [6.07, 6.45) is 2.84. The molecule has 1 aromatic rings. The molecule has 0 spiro atoms. The zero-order chi connectivity index (χ0) is 15.4. The summed E-state index contributed by atoms with van der Waals surface area (Å²) in [6.45, 7) is 3.02. The van der Waals surface area contributed by atoms with E-state index in [-0.39, 0.29) is 24.0 Å². The van der Waals surface area contributed by atoms with Gasteiger partial charge in [-0.05, 0) is 43.5 Å². The van der Waals surface area contributed by atoms with Gasteiger partial charge < -0.3 is 11.1 Å². The summed E-state index contributed by atoms with van der Waals surface area (Å²) in [6, 6.07) is 8.32. The third-order valence-electron chi connectivity index (χ3n) is 4.29. The summed E-state index contributed by atoms with van der Waals surface area (Å²) in [7, 11) is 1.70. The van der Waals surface area contributed by atoms with E-state index in [1.807, 2.05) is 12.1 Å². The minimum Gasteiger partial charge on any atom is -0.358 e. The normalized spacial score (nSPS) is 22.0. The van der Waals surface area contributed by atoms with Gasteiger partial charge in [0.15, 0.2) is 0 Å². The van der Waals surface area contributed by atoms with Gasteiger partial charge in [-0.3, -0.25) is 9.69 Å². The number of nitrogens with zero attached hydrogens (tertiary/aromatic N) is 1. The lowest BCUT2D eigenvalue weighted by atomic mass is 9.95. The predicted molar refractivity (Wildman–Crippen MR) is 88.9 cm³/mol. The van der Waals surface area contributed by atoms with Crippen LogP contribution in [0.25, 0.3) is 0 Å². The molecule has 1 aliphatic heterocycles. The first-order chi connectivity index (χ1) is 10.1. The number of halogens is 1. The minimum atomic E-state index is -0.0683. The first-order valence-electron chi connectivity index (χ1n) is 7.56. The van der Waals surface area contributed by atoms with E-state index in [1.54, 1.807) is 7.05 Å². The smallest absolute Gasteiger partial charge is 0.237 e. The molecule has 3 N–H and O–H groups in total. The van der Waals surface area contributed by atoms with Gasteiger partial charge in [-0.1, -0.05) is 35.0 Å². The summed E-state index contributed by atoms with van der Waals surface area (Å²) in [5.41, 5.74) is 7.57. The second-order valence-electron chi connectivity index (χ2n) is 5.58. The SMILES string of the molecule is CCC(N)C(c1ccc(Br)cc1)N1CCCC1C(=O)NC. The van der Waals surface area contributed by atoms with Crippen LogP contribution in [0.1, 0.15) is 37.8 Å². The first kappa shape index (κ1) is 16.5. The van der Waals surface area contributed by atoms with Gasteiger partial charge in [0.25, 0.3) is 0 Å². The minimum absolute atomic E-state index is 0.0245. The second-order valence-corrected chi connectivity index (χ2v) is 6.49. The zero-order valence-corrected chi connectivity index (χ0v) is 14.3. The van der Waals surface area contributed by atoms with Crippen LogP contribution in [0.4, 0.5) is 0 Å². The van der Waals surface area contributed by atoms with E-state index in [0.29, 0.717) is 0 Å². The van der Waals surface area contributed by atoms with E-state index in [2.05, 4.69) is 45.2 Å². The van der Waals surface area contributed by atoms with Gasteiger partial charge in [0, 0.05) is 17.6 Å². The molecule has 2 rings (SSSR count). The molecular weight excluding hydrogens is 330 g/mol. The number of rotatable bonds is 5. The Labute approximate surface area is 135 Å². The van der Waals surface area contributed by atoms with Gasteiger partial charge in [0.2, 0.25) is 5.91 Å². The number of hydrogen-bond acceptors (Lipinski definition) is 3. The van der Waals surface area contributed by atoms with Gasteiger partial charge in [0.1, 0.15) is 0 Å². The van der Waals surface area contributed by atoms with Crippen molar-refractivity contribution < 1.29 is 4.79 Å². The van der Waals surface area contributed by atoms with Crippen LogP contribution in [0.5, 0.6) is 0 Å². The van der Waals surface area contributed by atoms with E-state index in [0.717, 1.165) is 30.3 Å². The Bertz CT molecular complexity index is 477. The highest BCUT2D eigenvalue weighted by Gasteiger charge is 2.37. The van der Waals surface area contributed by atoms with Crippen LogP contribution in [0, 0.1) is 0 Å². The number of nitrogens with one attached hydrogen (secondary N) is 1. The van der Waals surface area contributed by atoms with Gasteiger partial charge in [-0.2, -0.15) is 0 Å². The Morgan fingerprint density at radius 3 is 2.71 bits per heavy atom. The van der Waals surface area contributed by atoms with E-state index >= 15 is 0 Å². The number of likely N-dealkylation sites (tertiary alicyclic amines) is 1. The van der Waals surface area contributed by atoms with Crippen molar-refractivity contribution in [1.29, 1.82) is 0 Å². The van der Waals surface area contributed by atoms with E-state index in [9.17, 15) is 4.79 Å². The van der Waals surface area contributed by atoms with Crippen LogP contribution >= 0.6 is 15.9 Å². The molecule has 3 unspecified atom stereocenters. The molecule has 0 aliphatic carbocycles. The predicted octanol–water partition coefficient (Wildman–Crippen LogP) is 2.44. The average Bonchev–Trinajstić information content (AvgIpc) is 2.97. The molecule has 3 atom stereocenters. The molecule has 0 bridgehead atoms. The number of likely N-dealkylation sites (N-methyl/N-ethyl adjacent to an activating group) is 1. The molecule has 1 aliphatic rings. The summed E-state index contributed by atoms with van der Waals surface area (Å²) < 4.78 is 1.05. The number of hydrogen-bond donors (Lipinski definition) is 2. The maximum atomic E-state index is 12.1. The highest BCUT2D eigenvalue weighted by molar-refractivity contribution is 9.10. The molecule has 0 aromatic heterocycles. The molecule has 0 radical (unpaired) electrons. The van der Waals surface area contributed by atoms with Gasteiger partial charge >= 0.3 is 0 Å². The Hall–Kier alpha value is -0.910. The van der Waals surface area contributed by atoms with Crippen LogP contribution in [-0.4, -0.2) is 36.5 Å². The third-order valence-corrected chi connectivity index (χ3v) is 4.82. The van der Waals surface area contributed by atoms with Crippen LogP contribution < -0.4 is 11.1 Å². The molecule has 4 nitrogen and oxygen atoms in total. The van der Waals surface area contributed by atoms with Gasteiger partial charge in [0.05, 0.1) is 12.1 Å². The molecule has 1 aromatic carbocycles. The Morgan fingerprint density at radius 2 is 2.14 bits per heavy atom. The molecule has 1 saturated heterocycles. The lowest BCUT2D eigenvalue weighted by Gasteiger charge is -2.36. The lowest BCUT2D eigenvalue weighted by molar-refractivity contribution is -0.125. The standard InChI is InChI=1S/C16H24BrN3O/c1-3-13(18)15(11-6-8-12(17)9-7-11)20-10-4-5-14(20)16(21)19-2/h6-9,13-15H,3-5,10,18H2,1-2H3,(H,19,21). The Kier molecular flexibility index (Phi) is 5.79. The molecule has 1 fully saturated rings. The Morgan fingerprint density at radius 1 is 1.48 bits per heavy atom. The number of amides is 1. The monoisotopic (exact) mass is 353 g/mol. The maximum Gasteiger partial charge on any atom is 0.237 e. The quantitative estimate of drug-likeness (QED) is 0.854. The summed E-state index contributed by atoms with van der Waals surface area (Å²) >= 11 is 3.47. The second kappa shape index (κ2) is 7.38. The van der Waals surface area contributed by atoms with E-state index in [4.69, 9.17) is 5.73 Å². The van der Waals surface area contributed by atoms with Crippen LogP contribution in [0.2, 0.25) is 0 Å². The number of benzene rings is 1. The summed E-state index contributed by atoms with van der Waals surface area (Å²) in [5, 5.41) is 2.78. The van der Waals surface area contributed by atoms with Crippen molar-refractivity contribution in [2.75, 3.05) is 13.6 Å². The highest BCUT2D eigenvalue weighted by atomic mass is 79.9. The van der Waals surface area contributed by atoms with Crippen LogP contribution in [0.3, 0.4) is 0 Å². The molecule has 21 heavy (non-hydrogen) atoms. The fourth-order valence-corrected chi connectivity index (χ4v) is 3.40. The van der Waals surface area contributed by atoms with Crippen LogP contribution in [-0.2, 0) is 4.79 Å². The largest absolute Gasteiger partial charge is 0.358 e. The van der Waals surface area contributed by atoms with Crippen molar-refractivity contribution in [3.63, 3.8) is 0 Å². The van der Waals surface area contributed by atoms with Gasteiger partial charge in [-0.25, -0.2) is 0 Å². The lowest BCUT2D eigenvalue weighted by Crippen LogP contribution is -2.48. The van der Waals surface area contributed by atoms with Crippen molar-refractivity contribution >= 4 is 21.8 Å². The molecule has 1 heterocycles. The maximum absolute atomic E-state index is 12.1. The number of carbonyl (C=O) groups excluding carboxylic acids is 1. The molecule has 1 amide bonds. The first-order valence-corrected chi connectivity index (χ1v) is 8.36. The molecule has 0 saturated carbocycles. The average molecular weight is 354 g/mol. The topological polar surface area (TPSA) is 58.4 Å². The van der Waals surface area contributed by atoms with Crippen molar-refractivity contribution in [3.8, 4) is 0 Å². The van der Waals surface area contributed by atoms with Crippen molar-refractivity contribution in [2.24, 2.45) is 5.73 Å². The fourth-order valence-electron chi connectivity index (χ4n) is 3.14. The highest BCUT2D eigenvalue weighted by Crippen LogP contribution is 2.33. The van der Waals surface area contributed by atoms with Gasteiger partial charge in [-0.15, -0.1) is 0 Å². The molecular formula is C16H24BrN3O. The van der Waals surface area contributed by atoms with E-state index < -0.39 is 0 Å². The summed E-state index contributed by atoms with van der Waals surface area (Å²) in [5.74, 6) is 0.0953. The van der Waals surface area contributed by atoms with Crippen LogP contribution in [0.15, 0.2) is 28.7 Å². The zero-order valence-electron chi connectivity index (χ0n) is 12.7. The molecule has 5 heteroatoms. The number of nitrogens with two attached hydrogens (primary N) is 1. The van der Waals surface area contributed by atoms with Crippen molar-refractivity contribution in [2.45, 2.75) is 44.3 Å². The summed E-state index contributed by atoms with van der Waals surface area (Å²) in [4.78, 5) is 14.4. The third kappa shape index (κ3) is 3.65. The fraction of sp³-hybridized carbons (Fsp3) is 0.562. The van der Waals surface area contributed by atoms with Crippen molar-refractivity contribution in [1.82, 2.24) is 10.2 Å². The molecule has 116 valence electrons. The van der Waals surface area contributed by atoms with Crippen molar-refractivity contribution in [3.05, 3.63) is 34.3 Å².